The highest BCUT2D eigenvalue weighted by Crippen LogP contribution is 2.33. The summed E-state index contributed by atoms with van der Waals surface area (Å²) in [6.45, 7) is 3.43. The van der Waals surface area contributed by atoms with Gasteiger partial charge in [0.15, 0.2) is 12.6 Å². The number of hydrogen-bond acceptors (Lipinski definition) is 4. The van der Waals surface area contributed by atoms with Gasteiger partial charge in [0.2, 0.25) is 0 Å². The molecular weight excluding hydrogens is 380 g/mol. The summed E-state index contributed by atoms with van der Waals surface area (Å²) in [5.74, 6) is 0.546. The Balaban J connectivity index is 1.61. The van der Waals surface area contributed by atoms with Crippen LogP contribution in [0.15, 0.2) is 52.2 Å². The van der Waals surface area contributed by atoms with E-state index in [9.17, 15) is 9.59 Å². The molecule has 8 heteroatoms. The predicted octanol–water partition coefficient (Wildman–Crippen LogP) is 1.01. The number of benzene rings is 1. The SMILES string of the molecule is C[C@H](C(=O)N1N=C(c2ccc(Cl)cc2)C[C@H]1c1ccco1)[NH+]1CCNC(=O)C1. The topological polar surface area (TPSA) is 79.3 Å². The number of nitrogens with zero attached hydrogens (tertiary/aromatic N) is 2. The lowest BCUT2D eigenvalue weighted by molar-refractivity contribution is -0.908. The molecule has 3 heterocycles. The molecule has 0 spiro atoms. The number of carbonyl (C=O) groups excluding carboxylic acids is 2. The van der Waals surface area contributed by atoms with Crippen LogP contribution in [0.25, 0.3) is 0 Å². The minimum Gasteiger partial charge on any atom is -0.467 e. The van der Waals surface area contributed by atoms with Crippen molar-refractivity contribution in [3.63, 3.8) is 0 Å². The Morgan fingerprint density at radius 2 is 2.14 bits per heavy atom. The van der Waals surface area contributed by atoms with Gasteiger partial charge in [-0.25, -0.2) is 5.01 Å². The Bertz CT molecular complexity index is 895. The Hall–Kier alpha value is -2.64. The van der Waals surface area contributed by atoms with E-state index in [4.69, 9.17) is 16.0 Å². The Labute approximate surface area is 167 Å². The molecule has 0 aliphatic carbocycles. The molecule has 1 aromatic heterocycles. The number of quaternary nitrogens is 1. The fourth-order valence-corrected chi connectivity index (χ4v) is 3.82. The molecule has 4 rings (SSSR count). The minimum absolute atomic E-state index is 0.0322. The largest absolute Gasteiger partial charge is 0.467 e. The molecule has 2 amide bonds. The van der Waals surface area contributed by atoms with Gasteiger partial charge in [-0.05, 0) is 36.8 Å². The Kier molecular flexibility index (Phi) is 5.19. The van der Waals surface area contributed by atoms with Crippen molar-refractivity contribution in [2.75, 3.05) is 19.6 Å². The normalized spacial score (nSPS) is 23.3. The molecule has 2 aliphatic heterocycles. The van der Waals surface area contributed by atoms with Gasteiger partial charge < -0.3 is 14.6 Å². The van der Waals surface area contributed by atoms with Crippen LogP contribution >= 0.6 is 11.6 Å². The van der Waals surface area contributed by atoms with Gasteiger partial charge in [0.25, 0.3) is 5.91 Å². The van der Waals surface area contributed by atoms with E-state index in [0.29, 0.717) is 36.8 Å². The number of nitrogens with one attached hydrogen (secondary N) is 2. The second kappa shape index (κ2) is 7.77. The van der Waals surface area contributed by atoms with Crippen molar-refractivity contribution in [1.29, 1.82) is 0 Å². The van der Waals surface area contributed by atoms with Gasteiger partial charge in [-0.3, -0.25) is 9.59 Å². The molecule has 3 atom stereocenters. The second-order valence-corrected chi connectivity index (χ2v) is 7.56. The summed E-state index contributed by atoms with van der Waals surface area (Å²) in [5, 5.41) is 9.62. The van der Waals surface area contributed by atoms with Crippen molar-refractivity contribution < 1.29 is 18.9 Å². The van der Waals surface area contributed by atoms with E-state index in [-0.39, 0.29) is 23.9 Å². The van der Waals surface area contributed by atoms with Crippen molar-refractivity contribution in [2.24, 2.45) is 5.10 Å². The third kappa shape index (κ3) is 3.68. The third-order valence-corrected chi connectivity index (χ3v) is 5.58. The number of hydrogen-bond donors (Lipinski definition) is 2. The molecule has 28 heavy (non-hydrogen) atoms. The van der Waals surface area contributed by atoms with Crippen molar-refractivity contribution in [2.45, 2.75) is 25.4 Å². The van der Waals surface area contributed by atoms with Crippen molar-refractivity contribution in [3.05, 3.63) is 59.0 Å². The van der Waals surface area contributed by atoms with Gasteiger partial charge >= 0.3 is 5.91 Å². The molecule has 0 saturated carbocycles. The highest BCUT2D eigenvalue weighted by Gasteiger charge is 2.40. The first-order valence-electron chi connectivity index (χ1n) is 9.34. The molecule has 0 bridgehead atoms. The summed E-state index contributed by atoms with van der Waals surface area (Å²) < 4.78 is 5.58. The summed E-state index contributed by atoms with van der Waals surface area (Å²) in [5.41, 5.74) is 1.73. The molecular formula is C20H22ClN4O3+. The zero-order valence-electron chi connectivity index (χ0n) is 15.5. The van der Waals surface area contributed by atoms with Crippen LogP contribution in [-0.2, 0) is 9.59 Å². The number of furan rings is 1. The molecule has 2 N–H and O–H groups in total. The van der Waals surface area contributed by atoms with E-state index < -0.39 is 0 Å². The van der Waals surface area contributed by atoms with E-state index in [2.05, 4.69) is 10.4 Å². The first-order chi connectivity index (χ1) is 13.5. The lowest BCUT2D eigenvalue weighted by Crippen LogP contribution is -3.19. The van der Waals surface area contributed by atoms with Gasteiger partial charge in [-0.1, -0.05) is 23.7 Å². The fourth-order valence-electron chi connectivity index (χ4n) is 3.70. The molecule has 1 saturated heterocycles. The lowest BCUT2D eigenvalue weighted by atomic mass is 10.0. The molecule has 2 aliphatic rings. The van der Waals surface area contributed by atoms with Crippen LogP contribution in [0.1, 0.15) is 30.7 Å². The quantitative estimate of drug-likeness (QED) is 0.802. The highest BCUT2D eigenvalue weighted by atomic mass is 35.5. The first-order valence-corrected chi connectivity index (χ1v) is 9.72. The maximum Gasteiger partial charge on any atom is 0.301 e. The zero-order valence-corrected chi connectivity index (χ0v) is 16.3. The first kappa shape index (κ1) is 18.7. The third-order valence-electron chi connectivity index (χ3n) is 5.32. The monoisotopic (exact) mass is 401 g/mol. The summed E-state index contributed by atoms with van der Waals surface area (Å²) in [6.07, 6.45) is 2.16. The summed E-state index contributed by atoms with van der Waals surface area (Å²) in [6, 6.07) is 10.4. The van der Waals surface area contributed by atoms with Gasteiger partial charge in [0.05, 0.1) is 25.1 Å². The summed E-state index contributed by atoms with van der Waals surface area (Å²) in [7, 11) is 0. The van der Waals surface area contributed by atoms with E-state index in [1.54, 1.807) is 6.26 Å². The number of halogens is 1. The Morgan fingerprint density at radius 1 is 1.36 bits per heavy atom. The summed E-state index contributed by atoms with van der Waals surface area (Å²) in [4.78, 5) is 26.0. The number of amides is 2. The molecule has 0 radical (unpaired) electrons. The predicted molar refractivity (Wildman–Crippen MR) is 104 cm³/mol. The number of hydrazone groups is 1. The molecule has 1 fully saturated rings. The minimum atomic E-state index is -0.378. The molecule has 2 aromatic rings. The maximum atomic E-state index is 13.3. The van der Waals surface area contributed by atoms with E-state index in [1.807, 2.05) is 43.3 Å². The van der Waals surface area contributed by atoms with Gasteiger partial charge in [-0.2, -0.15) is 5.10 Å². The Morgan fingerprint density at radius 3 is 2.82 bits per heavy atom. The lowest BCUT2D eigenvalue weighted by Gasteiger charge is -2.30. The van der Waals surface area contributed by atoms with Crippen LogP contribution < -0.4 is 10.2 Å². The number of carbonyl (C=O) groups is 2. The van der Waals surface area contributed by atoms with E-state index in [1.165, 1.54) is 5.01 Å². The number of rotatable bonds is 4. The van der Waals surface area contributed by atoms with Crippen LogP contribution in [0.2, 0.25) is 5.02 Å². The van der Waals surface area contributed by atoms with Crippen LogP contribution in [0.5, 0.6) is 0 Å². The standard InChI is InChI=1S/C20H21ClN4O3/c1-13(24-9-8-22-19(26)12-24)20(27)25-17(18-3-2-10-28-18)11-16(23-25)14-4-6-15(21)7-5-14/h2-7,10,13,17H,8-9,11-12H2,1H3,(H,22,26)/p+1/t13-,17+/m1/s1. The smallest absolute Gasteiger partial charge is 0.301 e. The maximum absolute atomic E-state index is 13.3. The van der Waals surface area contributed by atoms with E-state index in [0.717, 1.165) is 16.2 Å². The number of piperazine rings is 1. The van der Waals surface area contributed by atoms with Crippen LogP contribution in [0, 0.1) is 0 Å². The van der Waals surface area contributed by atoms with Crippen molar-refractivity contribution >= 4 is 29.1 Å². The van der Waals surface area contributed by atoms with Crippen LogP contribution in [-0.4, -0.2) is 48.2 Å². The summed E-state index contributed by atoms with van der Waals surface area (Å²) >= 11 is 5.99. The molecule has 7 nitrogen and oxygen atoms in total. The zero-order chi connectivity index (χ0) is 19.7. The highest BCUT2D eigenvalue weighted by molar-refractivity contribution is 6.30. The van der Waals surface area contributed by atoms with Gasteiger partial charge in [-0.15, -0.1) is 0 Å². The molecule has 1 aromatic carbocycles. The van der Waals surface area contributed by atoms with Gasteiger partial charge in [0.1, 0.15) is 11.8 Å². The average Bonchev–Trinajstić information content (AvgIpc) is 3.37. The average molecular weight is 402 g/mol. The van der Waals surface area contributed by atoms with Crippen molar-refractivity contribution in [3.8, 4) is 0 Å². The molecule has 1 unspecified atom stereocenters. The molecule has 146 valence electrons. The second-order valence-electron chi connectivity index (χ2n) is 7.13. The van der Waals surface area contributed by atoms with Crippen LogP contribution in [0.3, 0.4) is 0 Å². The van der Waals surface area contributed by atoms with Gasteiger partial charge in [0, 0.05) is 11.4 Å². The van der Waals surface area contributed by atoms with E-state index >= 15 is 0 Å². The fraction of sp³-hybridized carbons (Fsp3) is 0.350. The van der Waals surface area contributed by atoms with Crippen LogP contribution in [0.4, 0.5) is 0 Å². The van der Waals surface area contributed by atoms with Crippen molar-refractivity contribution in [1.82, 2.24) is 10.3 Å².